The van der Waals surface area contributed by atoms with Gasteiger partial charge in [0.15, 0.2) is 5.13 Å². The molecule has 108 valence electrons. The third kappa shape index (κ3) is 3.32. The average Bonchev–Trinajstić information content (AvgIpc) is 2.86. The molecule has 2 rings (SSSR count). The smallest absolute Gasteiger partial charge is 0.324 e. The average molecular weight is 295 g/mol. The van der Waals surface area contributed by atoms with E-state index in [-0.39, 0.29) is 17.4 Å². The van der Waals surface area contributed by atoms with Crippen LogP contribution in [0.1, 0.15) is 26.5 Å². The van der Waals surface area contributed by atoms with Gasteiger partial charge in [0.2, 0.25) is 5.95 Å². The van der Waals surface area contributed by atoms with Crippen molar-refractivity contribution in [2.75, 3.05) is 19.5 Å². The van der Waals surface area contributed by atoms with E-state index in [4.69, 9.17) is 9.47 Å². The molecule has 0 saturated heterocycles. The van der Waals surface area contributed by atoms with Gasteiger partial charge in [0.05, 0.1) is 19.9 Å². The summed E-state index contributed by atoms with van der Waals surface area (Å²) in [6.45, 7) is 6.34. The topological polar surface area (TPSA) is 82.0 Å². The predicted molar refractivity (Wildman–Crippen MR) is 77.0 cm³/mol. The Labute approximate surface area is 121 Å². The summed E-state index contributed by atoms with van der Waals surface area (Å²) in [6.07, 6.45) is 0. The summed E-state index contributed by atoms with van der Waals surface area (Å²) >= 11 is 1.49. The highest BCUT2D eigenvalue weighted by atomic mass is 32.1. The lowest BCUT2D eigenvalue weighted by atomic mass is 9.93. The fraction of sp³-hybridized carbons (Fsp3) is 0.500. The number of rotatable bonds is 4. The van der Waals surface area contributed by atoms with Gasteiger partial charge in [0.1, 0.15) is 0 Å². The minimum absolute atomic E-state index is 0.00487. The molecule has 0 saturated carbocycles. The molecule has 20 heavy (non-hydrogen) atoms. The summed E-state index contributed by atoms with van der Waals surface area (Å²) in [6, 6.07) is 0.374. The molecule has 2 heterocycles. The molecule has 0 aliphatic rings. The number of hydrogen-bond acceptors (Lipinski definition) is 8. The minimum Gasteiger partial charge on any atom is -0.467 e. The molecule has 1 N–H and O–H groups in total. The van der Waals surface area contributed by atoms with Gasteiger partial charge in [-0.05, 0) is 0 Å². The summed E-state index contributed by atoms with van der Waals surface area (Å²) in [4.78, 5) is 16.6. The van der Waals surface area contributed by atoms with Gasteiger partial charge in [0, 0.05) is 10.8 Å². The maximum Gasteiger partial charge on any atom is 0.324 e. The Morgan fingerprint density at radius 2 is 1.60 bits per heavy atom. The summed E-state index contributed by atoms with van der Waals surface area (Å²) < 4.78 is 9.99. The van der Waals surface area contributed by atoms with Gasteiger partial charge in [0.25, 0.3) is 0 Å². The van der Waals surface area contributed by atoms with Crippen molar-refractivity contribution in [3.8, 4) is 12.0 Å². The number of thiazole rings is 1. The number of ether oxygens (including phenoxy) is 2. The van der Waals surface area contributed by atoms with Crippen molar-refractivity contribution in [1.29, 1.82) is 0 Å². The number of anilines is 2. The molecule has 2 aromatic rings. The summed E-state index contributed by atoms with van der Waals surface area (Å²) in [7, 11) is 2.97. The van der Waals surface area contributed by atoms with Crippen LogP contribution in [0, 0.1) is 0 Å². The van der Waals surface area contributed by atoms with Crippen LogP contribution in [0.2, 0.25) is 0 Å². The van der Waals surface area contributed by atoms with Crippen molar-refractivity contribution in [2.24, 2.45) is 0 Å². The predicted octanol–water partition coefficient (Wildman–Crippen LogP) is 2.39. The van der Waals surface area contributed by atoms with Gasteiger partial charge in [-0.25, -0.2) is 4.98 Å². The van der Waals surface area contributed by atoms with Crippen LogP contribution in [0.3, 0.4) is 0 Å². The van der Waals surface area contributed by atoms with E-state index < -0.39 is 0 Å². The van der Waals surface area contributed by atoms with E-state index >= 15 is 0 Å². The van der Waals surface area contributed by atoms with Crippen molar-refractivity contribution in [2.45, 2.75) is 26.2 Å². The Kier molecular flexibility index (Phi) is 4.03. The van der Waals surface area contributed by atoms with Crippen molar-refractivity contribution in [3.05, 3.63) is 11.1 Å². The largest absolute Gasteiger partial charge is 0.467 e. The first-order chi connectivity index (χ1) is 9.42. The molecule has 0 spiro atoms. The molecule has 0 aliphatic heterocycles. The van der Waals surface area contributed by atoms with Gasteiger partial charge >= 0.3 is 12.0 Å². The molecule has 0 unspecified atom stereocenters. The fourth-order valence-corrected chi connectivity index (χ4v) is 2.28. The number of hydrogen-bond donors (Lipinski definition) is 1. The van der Waals surface area contributed by atoms with Gasteiger partial charge < -0.3 is 9.47 Å². The van der Waals surface area contributed by atoms with Gasteiger partial charge in [-0.15, -0.1) is 16.3 Å². The van der Waals surface area contributed by atoms with Crippen LogP contribution in [0.15, 0.2) is 5.38 Å². The van der Waals surface area contributed by atoms with Crippen LogP contribution in [-0.2, 0) is 5.41 Å². The maximum atomic E-state index is 5.00. The third-order valence-electron chi connectivity index (χ3n) is 2.45. The SMILES string of the molecule is COc1nc(Nc2nc(C(C)(C)C)cs2)nc(OC)n1. The second kappa shape index (κ2) is 5.58. The third-order valence-corrected chi connectivity index (χ3v) is 3.21. The second-order valence-electron chi connectivity index (χ2n) is 5.05. The zero-order valence-corrected chi connectivity index (χ0v) is 12.9. The molecule has 0 amide bonds. The van der Waals surface area contributed by atoms with Crippen molar-refractivity contribution < 1.29 is 9.47 Å². The number of nitrogens with one attached hydrogen (secondary N) is 1. The molecule has 0 bridgehead atoms. The second-order valence-corrected chi connectivity index (χ2v) is 5.90. The highest BCUT2D eigenvalue weighted by Gasteiger charge is 2.18. The lowest BCUT2D eigenvalue weighted by molar-refractivity contribution is 0.341. The maximum absolute atomic E-state index is 5.00. The van der Waals surface area contributed by atoms with Crippen LogP contribution < -0.4 is 14.8 Å². The van der Waals surface area contributed by atoms with E-state index in [0.717, 1.165) is 5.69 Å². The molecule has 0 atom stereocenters. The van der Waals surface area contributed by atoms with Crippen LogP contribution in [-0.4, -0.2) is 34.2 Å². The zero-order chi connectivity index (χ0) is 14.8. The van der Waals surface area contributed by atoms with E-state index in [1.165, 1.54) is 25.6 Å². The molecule has 0 fully saturated rings. The number of aromatic nitrogens is 4. The van der Waals surface area contributed by atoms with E-state index in [2.05, 4.69) is 46.0 Å². The van der Waals surface area contributed by atoms with Crippen molar-refractivity contribution in [1.82, 2.24) is 19.9 Å². The summed E-state index contributed by atoms with van der Waals surface area (Å²) in [5.41, 5.74) is 1.02. The Bertz CT molecular complexity index is 572. The first-order valence-corrected chi connectivity index (χ1v) is 6.87. The van der Waals surface area contributed by atoms with E-state index in [0.29, 0.717) is 11.1 Å². The van der Waals surface area contributed by atoms with Gasteiger partial charge in [-0.3, -0.25) is 5.32 Å². The van der Waals surface area contributed by atoms with E-state index in [9.17, 15) is 0 Å². The monoisotopic (exact) mass is 295 g/mol. The molecule has 2 aromatic heterocycles. The van der Waals surface area contributed by atoms with E-state index in [1.54, 1.807) is 0 Å². The molecule has 7 nitrogen and oxygen atoms in total. The molecule has 0 aromatic carbocycles. The van der Waals surface area contributed by atoms with Gasteiger partial charge in [-0.2, -0.15) is 9.97 Å². The Balaban J connectivity index is 2.23. The first kappa shape index (κ1) is 14.4. The lowest BCUT2D eigenvalue weighted by Gasteiger charge is -2.14. The standard InChI is InChI=1S/C12H17N5O2S/c1-12(2,3)7-6-20-11(13-7)16-8-14-9(18-4)17-10(15-8)19-5/h6H,1-5H3,(H,13,14,15,16,17). The Morgan fingerprint density at radius 1 is 1.00 bits per heavy atom. The van der Waals surface area contributed by atoms with Crippen LogP contribution >= 0.6 is 11.3 Å². The highest BCUT2D eigenvalue weighted by molar-refractivity contribution is 7.13. The fourth-order valence-electron chi connectivity index (χ4n) is 1.35. The number of methoxy groups -OCH3 is 2. The van der Waals surface area contributed by atoms with Gasteiger partial charge in [-0.1, -0.05) is 20.8 Å². The van der Waals surface area contributed by atoms with Crippen LogP contribution in [0.4, 0.5) is 11.1 Å². The Morgan fingerprint density at radius 3 is 2.05 bits per heavy atom. The van der Waals surface area contributed by atoms with Crippen LogP contribution in [0.5, 0.6) is 12.0 Å². The normalized spacial score (nSPS) is 11.2. The summed E-state index contributed by atoms with van der Waals surface area (Å²) in [5.74, 6) is 0.337. The quantitative estimate of drug-likeness (QED) is 0.927. The molecule has 0 aliphatic carbocycles. The molecule has 0 radical (unpaired) electrons. The Hall–Kier alpha value is -1.96. The highest BCUT2D eigenvalue weighted by Crippen LogP contribution is 2.27. The lowest BCUT2D eigenvalue weighted by Crippen LogP contribution is -2.11. The zero-order valence-electron chi connectivity index (χ0n) is 12.1. The molecule has 8 heteroatoms. The summed E-state index contributed by atoms with van der Waals surface area (Å²) in [5, 5.41) is 5.76. The van der Waals surface area contributed by atoms with E-state index in [1.807, 2.05) is 5.38 Å². The molecular weight excluding hydrogens is 278 g/mol. The first-order valence-electron chi connectivity index (χ1n) is 5.99. The van der Waals surface area contributed by atoms with Crippen molar-refractivity contribution in [3.63, 3.8) is 0 Å². The minimum atomic E-state index is 0.00487. The van der Waals surface area contributed by atoms with Crippen LogP contribution in [0.25, 0.3) is 0 Å². The van der Waals surface area contributed by atoms with Crippen molar-refractivity contribution >= 4 is 22.4 Å². The number of nitrogens with zero attached hydrogens (tertiary/aromatic N) is 4. The molecular formula is C12H17N5O2S.